The van der Waals surface area contributed by atoms with Gasteiger partial charge in [-0.2, -0.15) is 0 Å². The molecule has 0 amide bonds. The molecule has 2 N–H and O–H groups in total. The van der Waals surface area contributed by atoms with Crippen LogP contribution in [-0.4, -0.2) is 31.1 Å². The maximum absolute atomic E-state index is 6.20. The predicted molar refractivity (Wildman–Crippen MR) is 109 cm³/mol. The molecule has 1 aliphatic heterocycles. The molecule has 2 heterocycles. The number of anilines is 1. The Bertz CT molecular complexity index is 740. The first-order valence-corrected chi connectivity index (χ1v) is 9.52. The van der Waals surface area contributed by atoms with E-state index in [0.29, 0.717) is 13.1 Å². The number of aromatic nitrogens is 1. The van der Waals surface area contributed by atoms with Gasteiger partial charge in [-0.25, -0.2) is 4.98 Å². The second-order valence-electron chi connectivity index (χ2n) is 6.44. The fourth-order valence-corrected chi connectivity index (χ4v) is 3.30. The molecule has 1 aliphatic rings. The summed E-state index contributed by atoms with van der Waals surface area (Å²) in [5, 5.41) is 7.42. The monoisotopic (exact) mass is 371 g/mol. The minimum atomic E-state index is 0.634. The van der Waals surface area contributed by atoms with E-state index >= 15 is 0 Å². The quantitative estimate of drug-likeness (QED) is 0.623. The summed E-state index contributed by atoms with van der Waals surface area (Å²) in [5.74, 6) is 1.82. The molecule has 2 aromatic rings. The number of benzene rings is 1. The van der Waals surface area contributed by atoms with Gasteiger partial charge in [-0.1, -0.05) is 29.8 Å². The van der Waals surface area contributed by atoms with Crippen molar-refractivity contribution in [3.8, 4) is 0 Å². The van der Waals surface area contributed by atoms with E-state index in [1.807, 2.05) is 36.5 Å². The van der Waals surface area contributed by atoms with Crippen molar-refractivity contribution in [2.45, 2.75) is 32.4 Å². The molecular formula is C20H26ClN5. The average Bonchev–Trinajstić information content (AvgIpc) is 2.70. The molecule has 138 valence electrons. The van der Waals surface area contributed by atoms with Gasteiger partial charge in [0.15, 0.2) is 5.96 Å². The zero-order valence-corrected chi connectivity index (χ0v) is 16.0. The zero-order valence-electron chi connectivity index (χ0n) is 15.2. The minimum absolute atomic E-state index is 0.634. The Labute approximate surface area is 160 Å². The fraction of sp³-hybridized carbons (Fsp3) is 0.400. The molecule has 1 aromatic heterocycles. The molecule has 0 unspecified atom stereocenters. The number of hydrogen-bond acceptors (Lipinski definition) is 3. The maximum atomic E-state index is 6.20. The summed E-state index contributed by atoms with van der Waals surface area (Å²) in [5.41, 5.74) is 2.25. The van der Waals surface area contributed by atoms with Crippen molar-refractivity contribution >= 4 is 23.4 Å². The molecule has 0 saturated carbocycles. The van der Waals surface area contributed by atoms with Gasteiger partial charge in [-0.15, -0.1) is 0 Å². The highest BCUT2D eigenvalue weighted by molar-refractivity contribution is 6.31. The van der Waals surface area contributed by atoms with Crippen LogP contribution >= 0.6 is 11.6 Å². The van der Waals surface area contributed by atoms with Crippen molar-refractivity contribution in [3.05, 3.63) is 58.7 Å². The van der Waals surface area contributed by atoms with Crippen LogP contribution in [0.2, 0.25) is 5.02 Å². The van der Waals surface area contributed by atoms with Crippen molar-refractivity contribution in [1.82, 2.24) is 15.6 Å². The molecule has 3 rings (SSSR count). The van der Waals surface area contributed by atoms with Crippen molar-refractivity contribution in [2.75, 3.05) is 25.0 Å². The minimum Gasteiger partial charge on any atom is -0.357 e. The summed E-state index contributed by atoms with van der Waals surface area (Å²) in [6.45, 7) is 3.54. The third-order valence-electron chi connectivity index (χ3n) is 4.58. The van der Waals surface area contributed by atoms with Crippen LogP contribution in [0, 0.1) is 0 Å². The van der Waals surface area contributed by atoms with E-state index in [4.69, 9.17) is 11.6 Å². The molecule has 0 bridgehead atoms. The molecule has 26 heavy (non-hydrogen) atoms. The van der Waals surface area contributed by atoms with Crippen molar-refractivity contribution in [1.29, 1.82) is 0 Å². The Balaban J connectivity index is 1.54. The van der Waals surface area contributed by atoms with Crippen molar-refractivity contribution in [2.24, 2.45) is 4.99 Å². The summed E-state index contributed by atoms with van der Waals surface area (Å²) in [7, 11) is 1.77. The van der Waals surface area contributed by atoms with Crippen LogP contribution in [-0.2, 0) is 13.1 Å². The predicted octanol–water partition coefficient (Wildman–Crippen LogP) is 3.59. The molecular weight excluding hydrogens is 346 g/mol. The Morgan fingerprint density at radius 3 is 2.65 bits per heavy atom. The molecule has 0 aliphatic carbocycles. The van der Waals surface area contributed by atoms with Gasteiger partial charge < -0.3 is 15.5 Å². The van der Waals surface area contributed by atoms with Crippen LogP contribution in [0.5, 0.6) is 0 Å². The van der Waals surface area contributed by atoms with E-state index in [1.165, 1.54) is 24.8 Å². The molecule has 6 heteroatoms. The van der Waals surface area contributed by atoms with Crippen molar-refractivity contribution in [3.63, 3.8) is 0 Å². The summed E-state index contributed by atoms with van der Waals surface area (Å²) in [6.07, 6.45) is 5.72. The van der Waals surface area contributed by atoms with Crippen LogP contribution in [0.25, 0.3) is 0 Å². The molecule has 5 nitrogen and oxygen atoms in total. The average molecular weight is 372 g/mol. The highest BCUT2D eigenvalue weighted by Crippen LogP contribution is 2.18. The van der Waals surface area contributed by atoms with Gasteiger partial charge in [0.25, 0.3) is 0 Å². The van der Waals surface area contributed by atoms with Gasteiger partial charge in [0.05, 0.1) is 0 Å². The Hall–Kier alpha value is -2.27. The van der Waals surface area contributed by atoms with Gasteiger partial charge >= 0.3 is 0 Å². The molecule has 0 spiro atoms. The van der Waals surface area contributed by atoms with Crippen LogP contribution < -0.4 is 15.5 Å². The molecule has 1 fully saturated rings. The van der Waals surface area contributed by atoms with Gasteiger partial charge in [0.1, 0.15) is 5.82 Å². The van der Waals surface area contributed by atoms with Crippen LogP contribution in [0.4, 0.5) is 5.82 Å². The lowest BCUT2D eigenvalue weighted by Gasteiger charge is -2.28. The zero-order chi connectivity index (χ0) is 18.2. The Morgan fingerprint density at radius 2 is 1.88 bits per heavy atom. The standard InChI is InChI=1S/C20H26ClN5/c1-22-20(25-15-17-7-3-4-8-18(17)21)24-14-16-9-10-23-19(13-16)26-11-5-2-6-12-26/h3-4,7-10,13H,2,5-6,11-12,14-15H2,1H3,(H2,22,24,25). The molecule has 1 aromatic carbocycles. The lowest BCUT2D eigenvalue weighted by molar-refractivity contribution is 0.573. The first-order chi connectivity index (χ1) is 12.8. The molecule has 1 saturated heterocycles. The van der Waals surface area contributed by atoms with E-state index in [1.54, 1.807) is 7.05 Å². The van der Waals surface area contributed by atoms with Crippen molar-refractivity contribution < 1.29 is 0 Å². The van der Waals surface area contributed by atoms with Crippen LogP contribution in [0.1, 0.15) is 30.4 Å². The summed E-state index contributed by atoms with van der Waals surface area (Å²) in [6, 6.07) is 12.0. The second kappa shape index (κ2) is 9.43. The highest BCUT2D eigenvalue weighted by Gasteiger charge is 2.12. The first kappa shape index (κ1) is 18.5. The lowest BCUT2D eigenvalue weighted by atomic mass is 10.1. The Morgan fingerprint density at radius 1 is 1.12 bits per heavy atom. The number of piperidine rings is 1. The fourth-order valence-electron chi connectivity index (χ4n) is 3.09. The van der Waals surface area contributed by atoms with E-state index in [0.717, 1.165) is 35.5 Å². The number of aliphatic imine (C=N–C) groups is 1. The van der Waals surface area contributed by atoms with Crippen LogP contribution in [0.3, 0.4) is 0 Å². The lowest BCUT2D eigenvalue weighted by Crippen LogP contribution is -2.36. The van der Waals surface area contributed by atoms with Gasteiger partial charge in [-0.3, -0.25) is 4.99 Å². The molecule has 0 atom stereocenters. The molecule has 0 radical (unpaired) electrons. The normalized spacial score (nSPS) is 15.0. The maximum Gasteiger partial charge on any atom is 0.191 e. The summed E-state index contributed by atoms with van der Waals surface area (Å²) in [4.78, 5) is 11.2. The van der Waals surface area contributed by atoms with E-state index in [9.17, 15) is 0 Å². The topological polar surface area (TPSA) is 52.6 Å². The third-order valence-corrected chi connectivity index (χ3v) is 4.95. The largest absolute Gasteiger partial charge is 0.357 e. The number of nitrogens with zero attached hydrogens (tertiary/aromatic N) is 3. The number of hydrogen-bond donors (Lipinski definition) is 2. The second-order valence-corrected chi connectivity index (χ2v) is 6.85. The van der Waals surface area contributed by atoms with E-state index < -0.39 is 0 Å². The number of pyridine rings is 1. The van der Waals surface area contributed by atoms with E-state index in [2.05, 4.69) is 31.6 Å². The summed E-state index contributed by atoms with van der Waals surface area (Å²) < 4.78 is 0. The number of halogens is 1. The number of guanidine groups is 1. The third kappa shape index (κ3) is 5.11. The van der Waals surface area contributed by atoms with Gasteiger partial charge in [0, 0.05) is 44.4 Å². The summed E-state index contributed by atoms with van der Waals surface area (Å²) >= 11 is 6.20. The van der Waals surface area contributed by atoms with Crippen LogP contribution in [0.15, 0.2) is 47.6 Å². The SMILES string of the molecule is CN=C(NCc1ccnc(N2CCCCC2)c1)NCc1ccccc1Cl. The Kier molecular flexibility index (Phi) is 6.72. The highest BCUT2D eigenvalue weighted by atomic mass is 35.5. The number of nitrogens with one attached hydrogen (secondary N) is 2. The van der Waals surface area contributed by atoms with E-state index in [-0.39, 0.29) is 0 Å². The first-order valence-electron chi connectivity index (χ1n) is 9.14. The van der Waals surface area contributed by atoms with Gasteiger partial charge in [-0.05, 0) is 48.6 Å². The smallest absolute Gasteiger partial charge is 0.191 e. The number of rotatable bonds is 5. The van der Waals surface area contributed by atoms with Gasteiger partial charge in [0.2, 0.25) is 0 Å².